The minimum atomic E-state index is -0.713. The highest BCUT2D eigenvalue weighted by Gasteiger charge is 2.23. The second-order valence-corrected chi connectivity index (χ2v) is 9.60. The van der Waals surface area contributed by atoms with Gasteiger partial charge < -0.3 is 10.1 Å². The molecule has 0 saturated heterocycles. The lowest BCUT2D eigenvalue weighted by Gasteiger charge is -2.18. The molecule has 0 radical (unpaired) electrons. The van der Waals surface area contributed by atoms with Crippen LogP contribution in [0.15, 0.2) is 65.7 Å². The summed E-state index contributed by atoms with van der Waals surface area (Å²) in [6.45, 7) is 5.96. The van der Waals surface area contributed by atoms with Crippen LogP contribution in [0.25, 0.3) is 22.4 Å². The number of hydrogen-bond acceptors (Lipinski definition) is 6. The molecule has 3 aromatic rings. The third kappa shape index (κ3) is 6.93. The summed E-state index contributed by atoms with van der Waals surface area (Å²) in [5.41, 5.74) is 4.84. The van der Waals surface area contributed by atoms with E-state index in [1.54, 1.807) is 0 Å². The van der Waals surface area contributed by atoms with E-state index in [9.17, 15) is 14.9 Å². The standard InChI is InChI=1S/C28H29N3O3S/c1-18(2)14-25(28(33)34-4)30-26(32)17-35-27-23(16-29)22(20-12-10-19(3)11-13-20)15-24(31-27)21-8-6-5-7-9-21/h5-13,15,18,25H,14,17H2,1-4H3,(H,30,32)/t25-/m0/s1. The number of ether oxygens (including phenoxy) is 1. The summed E-state index contributed by atoms with van der Waals surface area (Å²) < 4.78 is 4.84. The number of aryl methyl sites for hydroxylation is 1. The average molecular weight is 488 g/mol. The van der Waals surface area contributed by atoms with Gasteiger partial charge in [0.25, 0.3) is 0 Å². The number of carbonyl (C=O) groups excluding carboxylic acids is 2. The largest absolute Gasteiger partial charge is 0.467 e. The lowest BCUT2D eigenvalue weighted by Crippen LogP contribution is -2.43. The SMILES string of the molecule is COC(=O)[C@H](CC(C)C)NC(=O)CSc1nc(-c2ccccc2)cc(-c2ccc(C)cc2)c1C#N. The van der Waals surface area contributed by atoms with Crippen LogP contribution in [0, 0.1) is 24.2 Å². The molecule has 1 heterocycles. The number of nitrogens with zero attached hydrogens (tertiary/aromatic N) is 2. The Morgan fingerprint density at radius 1 is 1.09 bits per heavy atom. The van der Waals surface area contributed by atoms with Gasteiger partial charge in [0.15, 0.2) is 0 Å². The van der Waals surface area contributed by atoms with Crippen molar-refractivity contribution < 1.29 is 14.3 Å². The molecule has 2 aromatic carbocycles. The molecule has 35 heavy (non-hydrogen) atoms. The molecule has 0 spiro atoms. The molecule has 0 unspecified atom stereocenters. The summed E-state index contributed by atoms with van der Waals surface area (Å²) in [7, 11) is 1.31. The number of aromatic nitrogens is 1. The van der Waals surface area contributed by atoms with Crippen LogP contribution in [0.3, 0.4) is 0 Å². The number of methoxy groups -OCH3 is 1. The molecule has 6 nitrogen and oxygen atoms in total. The summed E-state index contributed by atoms with van der Waals surface area (Å²) in [6.07, 6.45) is 0.478. The van der Waals surface area contributed by atoms with Gasteiger partial charge in [0.1, 0.15) is 17.1 Å². The molecule has 0 saturated carbocycles. The zero-order chi connectivity index (χ0) is 25.4. The zero-order valence-corrected chi connectivity index (χ0v) is 21.2. The smallest absolute Gasteiger partial charge is 0.328 e. The van der Waals surface area contributed by atoms with Crippen molar-refractivity contribution in [1.29, 1.82) is 5.26 Å². The molecule has 0 bridgehead atoms. The van der Waals surface area contributed by atoms with E-state index >= 15 is 0 Å². The van der Waals surface area contributed by atoms with Crippen LogP contribution in [0.4, 0.5) is 0 Å². The summed E-state index contributed by atoms with van der Waals surface area (Å²) in [4.78, 5) is 29.5. The minimum absolute atomic E-state index is 0.0127. The number of carbonyl (C=O) groups is 2. The fraction of sp³-hybridized carbons (Fsp3) is 0.286. The second kappa shape index (κ2) is 12.2. The summed E-state index contributed by atoms with van der Waals surface area (Å²) >= 11 is 1.18. The van der Waals surface area contributed by atoms with Crippen LogP contribution in [-0.2, 0) is 14.3 Å². The molecule has 1 amide bonds. The highest BCUT2D eigenvalue weighted by Crippen LogP contribution is 2.34. The Bertz CT molecular complexity index is 1220. The summed E-state index contributed by atoms with van der Waals surface area (Å²) in [6, 6.07) is 21.2. The third-order valence-corrected chi connectivity index (χ3v) is 6.37. The van der Waals surface area contributed by atoms with E-state index in [1.165, 1.54) is 18.9 Å². The van der Waals surface area contributed by atoms with Crippen molar-refractivity contribution in [1.82, 2.24) is 10.3 Å². The summed E-state index contributed by atoms with van der Waals surface area (Å²) in [5, 5.41) is 13.3. The van der Waals surface area contributed by atoms with Crippen LogP contribution < -0.4 is 5.32 Å². The van der Waals surface area contributed by atoms with E-state index in [1.807, 2.05) is 81.4 Å². The molecular weight excluding hydrogens is 458 g/mol. The topological polar surface area (TPSA) is 92.1 Å². The minimum Gasteiger partial charge on any atom is -0.467 e. The van der Waals surface area contributed by atoms with Gasteiger partial charge in [-0.3, -0.25) is 4.79 Å². The Kier molecular flexibility index (Phi) is 9.04. The van der Waals surface area contributed by atoms with Crippen LogP contribution in [0.2, 0.25) is 0 Å². The molecule has 3 rings (SSSR count). The zero-order valence-electron chi connectivity index (χ0n) is 20.4. The monoisotopic (exact) mass is 487 g/mol. The molecule has 0 aliphatic carbocycles. The van der Waals surface area contributed by atoms with E-state index < -0.39 is 12.0 Å². The van der Waals surface area contributed by atoms with Gasteiger partial charge in [0, 0.05) is 11.1 Å². The van der Waals surface area contributed by atoms with Gasteiger partial charge in [-0.2, -0.15) is 5.26 Å². The van der Waals surface area contributed by atoms with Gasteiger partial charge in [-0.15, -0.1) is 0 Å². The maximum Gasteiger partial charge on any atom is 0.328 e. The first-order valence-electron chi connectivity index (χ1n) is 11.4. The fourth-order valence-corrected chi connectivity index (χ4v) is 4.46. The number of esters is 1. The van der Waals surface area contributed by atoms with Gasteiger partial charge in [0.05, 0.1) is 24.1 Å². The molecule has 0 aliphatic heterocycles. The van der Waals surface area contributed by atoms with E-state index in [0.29, 0.717) is 17.0 Å². The third-order valence-electron chi connectivity index (χ3n) is 5.40. The Labute approximate surface area is 210 Å². The first-order chi connectivity index (χ1) is 16.8. The van der Waals surface area contributed by atoms with Crippen LogP contribution >= 0.6 is 11.8 Å². The van der Waals surface area contributed by atoms with Gasteiger partial charge in [-0.1, -0.05) is 85.8 Å². The van der Waals surface area contributed by atoms with Crippen LogP contribution in [-0.4, -0.2) is 35.8 Å². The van der Waals surface area contributed by atoms with E-state index in [4.69, 9.17) is 9.72 Å². The van der Waals surface area contributed by atoms with Crippen molar-refractivity contribution in [3.05, 3.63) is 71.8 Å². The van der Waals surface area contributed by atoms with E-state index in [0.717, 1.165) is 27.9 Å². The normalized spacial score (nSPS) is 11.5. The molecule has 7 heteroatoms. The lowest BCUT2D eigenvalue weighted by atomic mass is 9.98. The van der Waals surface area contributed by atoms with E-state index in [-0.39, 0.29) is 17.6 Å². The molecule has 180 valence electrons. The Morgan fingerprint density at radius 2 is 1.77 bits per heavy atom. The molecule has 1 atom stereocenters. The maximum absolute atomic E-state index is 12.7. The molecule has 0 fully saturated rings. The molecule has 1 N–H and O–H groups in total. The molecule has 0 aliphatic rings. The van der Waals surface area contributed by atoms with Crippen molar-refractivity contribution in [2.45, 2.75) is 38.3 Å². The van der Waals surface area contributed by atoms with Gasteiger partial charge >= 0.3 is 5.97 Å². The Balaban J connectivity index is 1.94. The van der Waals surface area contributed by atoms with Gasteiger partial charge in [-0.25, -0.2) is 9.78 Å². The quantitative estimate of drug-likeness (QED) is 0.321. The highest BCUT2D eigenvalue weighted by atomic mass is 32.2. The number of pyridine rings is 1. The van der Waals surface area contributed by atoms with Gasteiger partial charge in [-0.05, 0) is 30.9 Å². The Morgan fingerprint density at radius 3 is 2.37 bits per heavy atom. The summed E-state index contributed by atoms with van der Waals surface area (Å²) in [5.74, 6) is -0.573. The second-order valence-electron chi connectivity index (χ2n) is 8.64. The number of nitrogens with one attached hydrogen (secondary N) is 1. The van der Waals surface area contributed by atoms with Crippen molar-refractivity contribution in [3.63, 3.8) is 0 Å². The first kappa shape index (κ1) is 26.0. The molecule has 1 aromatic heterocycles. The van der Waals surface area contributed by atoms with Gasteiger partial charge in [0.2, 0.25) is 5.91 Å². The number of nitriles is 1. The first-order valence-corrected chi connectivity index (χ1v) is 12.4. The number of thioether (sulfide) groups is 1. The Hall–Kier alpha value is -3.63. The highest BCUT2D eigenvalue weighted by molar-refractivity contribution is 8.00. The van der Waals surface area contributed by atoms with Crippen molar-refractivity contribution in [2.75, 3.05) is 12.9 Å². The fourth-order valence-electron chi connectivity index (χ4n) is 3.65. The predicted octanol–water partition coefficient (Wildman–Crippen LogP) is 5.39. The van der Waals surface area contributed by atoms with Crippen molar-refractivity contribution >= 4 is 23.6 Å². The average Bonchev–Trinajstić information content (AvgIpc) is 2.86. The van der Waals surface area contributed by atoms with Crippen molar-refractivity contribution in [3.8, 4) is 28.5 Å². The number of amides is 1. The number of hydrogen-bond donors (Lipinski definition) is 1. The molecular formula is C28H29N3O3S. The maximum atomic E-state index is 12.7. The van der Waals surface area contributed by atoms with Crippen LogP contribution in [0.5, 0.6) is 0 Å². The predicted molar refractivity (Wildman–Crippen MR) is 139 cm³/mol. The lowest BCUT2D eigenvalue weighted by molar-refractivity contribution is -0.145. The number of benzene rings is 2. The van der Waals surface area contributed by atoms with E-state index in [2.05, 4.69) is 11.4 Å². The number of rotatable bonds is 9. The van der Waals surface area contributed by atoms with Crippen molar-refractivity contribution in [2.24, 2.45) is 5.92 Å². The van der Waals surface area contributed by atoms with Crippen LogP contribution in [0.1, 0.15) is 31.4 Å².